The fraction of sp³-hybridized carbons (Fsp3) is 0.250. The van der Waals surface area contributed by atoms with Crippen molar-refractivity contribution in [2.75, 3.05) is 18.5 Å². The third kappa shape index (κ3) is 5.04. The van der Waals surface area contributed by atoms with Crippen molar-refractivity contribution in [2.24, 2.45) is 5.92 Å². The lowest BCUT2D eigenvalue weighted by Gasteiger charge is -2.41. The Morgan fingerprint density at radius 1 is 1.00 bits per heavy atom. The van der Waals surface area contributed by atoms with E-state index in [0.29, 0.717) is 28.6 Å². The summed E-state index contributed by atoms with van der Waals surface area (Å²) in [6.07, 6.45) is 0. The van der Waals surface area contributed by atoms with Crippen LogP contribution in [0.15, 0.2) is 84.9 Å². The number of fused-ring (bicyclic) bond motifs is 3. The molecule has 2 N–H and O–H groups in total. The van der Waals surface area contributed by atoms with Crippen LogP contribution in [0, 0.1) is 11.7 Å². The van der Waals surface area contributed by atoms with Crippen molar-refractivity contribution in [3.63, 3.8) is 0 Å². The molecule has 2 fully saturated rings. The zero-order valence-corrected chi connectivity index (χ0v) is 26.8. The highest BCUT2D eigenvalue weighted by molar-refractivity contribution is 6.31. The number of likely N-dealkylation sites (tertiary alicyclic amines) is 2. The van der Waals surface area contributed by atoms with Gasteiger partial charge >= 0.3 is 5.97 Å². The second-order valence-electron chi connectivity index (χ2n) is 12.1. The molecule has 8 nitrogen and oxygen atoms in total. The van der Waals surface area contributed by atoms with Gasteiger partial charge in [0.25, 0.3) is 0 Å². The van der Waals surface area contributed by atoms with Crippen LogP contribution in [0.25, 0.3) is 0 Å². The van der Waals surface area contributed by atoms with Gasteiger partial charge in [-0.2, -0.15) is 0 Å². The second-order valence-corrected chi connectivity index (χ2v) is 12.9. The summed E-state index contributed by atoms with van der Waals surface area (Å²) >= 11 is 12.7. The third-order valence-corrected chi connectivity index (χ3v) is 10.0. The summed E-state index contributed by atoms with van der Waals surface area (Å²) in [5.41, 5.74) is 1.55. The molecular formula is C36H30Cl2FN3O5. The Hall–Kier alpha value is -4.44. The van der Waals surface area contributed by atoms with E-state index in [0.717, 1.165) is 11.1 Å². The molecule has 2 saturated heterocycles. The summed E-state index contributed by atoms with van der Waals surface area (Å²) in [7, 11) is 0. The Labute approximate surface area is 280 Å². The summed E-state index contributed by atoms with van der Waals surface area (Å²) in [5.74, 6) is -3.42. The van der Waals surface area contributed by atoms with Crippen LogP contribution in [0.5, 0.6) is 5.75 Å². The molecule has 11 heteroatoms. The van der Waals surface area contributed by atoms with E-state index in [4.69, 9.17) is 27.9 Å². The van der Waals surface area contributed by atoms with Crippen molar-refractivity contribution in [1.29, 1.82) is 0 Å². The number of halogens is 3. The average Bonchev–Trinajstić information content (AvgIpc) is 3.61. The fourth-order valence-corrected chi connectivity index (χ4v) is 8.04. The first-order valence-electron chi connectivity index (χ1n) is 15.3. The van der Waals surface area contributed by atoms with Gasteiger partial charge in [-0.3, -0.25) is 14.5 Å². The van der Waals surface area contributed by atoms with E-state index in [9.17, 15) is 19.5 Å². The number of rotatable bonds is 8. The monoisotopic (exact) mass is 673 g/mol. The first kappa shape index (κ1) is 31.2. The topological polar surface area (TPSA) is 99.2 Å². The van der Waals surface area contributed by atoms with Crippen LogP contribution in [0.2, 0.25) is 10.0 Å². The lowest BCUT2D eigenvalue weighted by atomic mass is 9.71. The normalized spacial score (nSPS) is 23.2. The smallest absolute Gasteiger partial charge is 0.335 e. The molecule has 240 valence electrons. The van der Waals surface area contributed by atoms with Crippen molar-refractivity contribution in [2.45, 2.75) is 37.5 Å². The molecule has 47 heavy (non-hydrogen) atoms. The Morgan fingerprint density at radius 3 is 2.51 bits per heavy atom. The largest absolute Gasteiger partial charge is 0.494 e. The molecule has 3 heterocycles. The Bertz CT molecular complexity index is 1920. The maximum absolute atomic E-state index is 16.2. The maximum Gasteiger partial charge on any atom is 0.335 e. The number of anilines is 1. The van der Waals surface area contributed by atoms with Crippen LogP contribution < -0.4 is 10.1 Å². The van der Waals surface area contributed by atoms with E-state index < -0.39 is 35.2 Å². The van der Waals surface area contributed by atoms with Gasteiger partial charge in [0.1, 0.15) is 17.1 Å². The number of nitrogens with zero attached hydrogens (tertiary/aromatic N) is 2. The van der Waals surface area contributed by atoms with Gasteiger partial charge in [0.2, 0.25) is 11.8 Å². The highest BCUT2D eigenvalue weighted by Gasteiger charge is 2.70. The average molecular weight is 675 g/mol. The summed E-state index contributed by atoms with van der Waals surface area (Å²) in [6, 6.07) is 23.3. The number of carboxylic acid groups (broad SMARTS) is 1. The number of hydrogen-bond donors (Lipinski definition) is 2. The number of nitrogens with one attached hydrogen (secondary N) is 1. The zero-order valence-electron chi connectivity index (χ0n) is 25.3. The number of amides is 2. The van der Waals surface area contributed by atoms with E-state index in [-0.39, 0.29) is 47.6 Å². The highest BCUT2D eigenvalue weighted by Crippen LogP contribution is 2.62. The third-order valence-electron chi connectivity index (χ3n) is 9.52. The number of ether oxygens (including phenoxy) is 1. The van der Waals surface area contributed by atoms with E-state index in [2.05, 4.69) is 5.32 Å². The lowest BCUT2D eigenvalue weighted by molar-refractivity contribution is -0.133. The second kappa shape index (κ2) is 12.0. The number of aromatic carboxylic acids is 1. The fourth-order valence-electron chi connectivity index (χ4n) is 7.68. The number of carbonyl (C=O) groups excluding carboxylic acids is 2. The molecular weight excluding hydrogens is 644 g/mol. The minimum absolute atomic E-state index is 0.104. The molecule has 4 atom stereocenters. The first-order valence-corrected chi connectivity index (χ1v) is 16.0. The molecule has 0 bridgehead atoms. The predicted octanol–water partition coefficient (Wildman–Crippen LogP) is 6.70. The molecule has 0 unspecified atom stereocenters. The van der Waals surface area contributed by atoms with E-state index in [1.807, 2.05) is 36.1 Å². The van der Waals surface area contributed by atoms with Crippen LogP contribution in [0.3, 0.4) is 0 Å². The molecule has 0 aromatic heterocycles. The Morgan fingerprint density at radius 2 is 1.77 bits per heavy atom. The molecule has 1 spiro atoms. The minimum atomic E-state index is -1.48. The molecule has 4 aromatic carbocycles. The summed E-state index contributed by atoms with van der Waals surface area (Å²) in [5, 5.41) is 12.7. The van der Waals surface area contributed by atoms with Crippen LogP contribution in [-0.2, 0) is 28.2 Å². The number of carbonyl (C=O) groups is 3. The molecule has 0 saturated carbocycles. The van der Waals surface area contributed by atoms with Gasteiger partial charge < -0.3 is 20.1 Å². The predicted molar refractivity (Wildman–Crippen MR) is 175 cm³/mol. The first-order chi connectivity index (χ1) is 22.6. The molecule has 3 aliphatic rings. The Balaban J connectivity index is 1.40. The van der Waals surface area contributed by atoms with Gasteiger partial charge in [-0.05, 0) is 66.1 Å². The molecule has 0 aliphatic carbocycles. The van der Waals surface area contributed by atoms with Crippen LogP contribution in [-0.4, -0.2) is 51.9 Å². The van der Waals surface area contributed by atoms with Gasteiger partial charge in [0.05, 0.1) is 23.1 Å². The van der Waals surface area contributed by atoms with Gasteiger partial charge in [0, 0.05) is 47.9 Å². The standard InChI is InChI=1S/C36H30Cl2FN3O5/c1-2-47-24-6-3-5-21(15-24)18-42-29-19-41(17-20-9-11-22(12-10-20)34(44)45)33(43)30(29)31(25-7-4-8-27(38)32(25)39)36(42)26-14-13-23(37)16-28(26)40-35(36)46/h3-16,29-31H,2,17-19H2,1H3,(H,40,46)(H,44,45)/t29-,30+,31-,36+/m0/s1. The van der Waals surface area contributed by atoms with Gasteiger partial charge in [-0.25, -0.2) is 9.18 Å². The quantitative estimate of drug-likeness (QED) is 0.216. The summed E-state index contributed by atoms with van der Waals surface area (Å²) in [4.78, 5) is 44.3. The SMILES string of the molecule is CCOc1cccc(CN2[C@H]3CN(Cc4ccc(C(=O)O)cc4)C(=O)[C@H]3[C@H](c3cccc(Cl)c3F)[C@]23C(=O)Nc2cc(Cl)ccc23)c1. The van der Waals surface area contributed by atoms with Gasteiger partial charge in [0.15, 0.2) is 0 Å². The highest BCUT2D eigenvalue weighted by atomic mass is 35.5. The number of carboxylic acids is 1. The van der Waals surface area contributed by atoms with E-state index >= 15 is 4.39 Å². The van der Waals surface area contributed by atoms with E-state index in [1.165, 1.54) is 18.2 Å². The number of hydrogen-bond acceptors (Lipinski definition) is 5. The molecule has 0 radical (unpaired) electrons. The lowest BCUT2D eigenvalue weighted by Crippen LogP contribution is -2.53. The van der Waals surface area contributed by atoms with Crippen molar-refractivity contribution in [1.82, 2.24) is 9.80 Å². The minimum Gasteiger partial charge on any atom is -0.494 e. The van der Waals surface area contributed by atoms with Crippen molar-refractivity contribution < 1.29 is 28.6 Å². The van der Waals surface area contributed by atoms with Gasteiger partial charge in [-0.15, -0.1) is 0 Å². The zero-order chi connectivity index (χ0) is 33.0. The van der Waals surface area contributed by atoms with Crippen LogP contribution >= 0.6 is 23.2 Å². The van der Waals surface area contributed by atoms with Crippen LogP contribution in [0.1, 0.15) is 45.5 Å². The van der Waals surface area contributed by atoms with Crippen molar-refractivity contribution >= 4 is 46.7 Å². The Kier molecular flexibility index (Phi) is 7.94. The van der Waals surface area contributed by atoms with Crippen molar-refractivity contribution in [3.8, 4) is 5.75 Å². The molecule has 3 aliphatic heterocycles. The van der Waals surface area contributed by atoms with Crippen molar-refractivity contribution in [3.05, 3.63) is 129 Å². The molecule has 2 amide bonds. The number of benzene rings is 4. The summed E-state index contributed by atoms with van der Waals surface area (Å²) in [6.45, 7) is 3.10. The molecule has 7 rings (SSSR count). The van der Waals surface area contributed by atoms with E-state index in [1.54, 1.807) is 47.4 Å². The van der Waals surface area contributed by atoms with Crippen LogP contribution in [0.4, 0.5) is 10.1 Å². The van der Waals surface area contributed by atoms with Gasteiger partial charge in [-0.1, -0.05) is 65.7 Å². The summed E-state index contributed by atoms with van der Waals surface area (Å²) < 4.78 is 22.0. The maximum atomic E-state index is 16.2. The molecule has 4 aromatic rings.